The molecular formula is C13H22N4O2S2. The minimum absolute atomic E-state index is 0.388. The van der Waals surface area contributed by atoms with Gasteiger partial charge in [0.1, 0.15) is 0 Å². The SMILES string of the molecule is CNCC1CCCN(S(=O)(=O)Nc2nc(C3CC3)cs2)C1. The van der Waals surface area contributed by atoms with E-state index in [2.05, 4.69) is 15.0 Å². The average Bonchev–Trinajstić information content (AvgIpc) is 3.20. The minimum atomic E-state index is -3.48. The van der Waals surface area contributed by atoms with E-state index in [9.17, 15) is 8.42 Å². The van der Waals surface area contributed by atoms with Gasteiger partial charge >= 0.3 is 10.2 Å². The van der Waals surface area contributed by atoms with Crippen molar-refractivity contribution in [2.45, 2.75) is 31.6 Å². The predicted molar refractivity (Wildman–Crippen MR) is 84.9 cm³/mol. The number of hydrogen-bond donors (Lipinski definition) is 2. The number of aromatic nitrogens is 1. The molecule has 1 unspecified atom stereocenters. The second-order valence-electron chi connectivity index (χ2n) is 5.88. The molecule has 0 radical (unpaired) electrons. The molecular weight excluding hydrogens is 308 g/mol. The van der Waals surface area contributed by atoms with Crippen LogP contribution < -0.4 is 10.0 Å². The summed E-state index contributed by atoms with van der Waals surface area (Å²) < 4.78 is 29.1. The van der Waals surface area contributed by atoms with E-state index in [4.69, 9.17) is 0 Å². The fourth-order valence-electron chi connectivity index (χ4n) is 2.77. The molecule has 0 aromatic carbocycles. The maximum atomic E-state index is 12.5. The quantitative estimate of drug-likeness (QED) is 0.831. The minimum Gasteiger partial charge on any atom is -0.319 e. The summed E-state index contributed by atoms with van der Waals surface area (Å²) >= 11 is 1.38. The van der Waals surface area contributed by atoms with Crippen molar-refractivity contribution in [3.63, 3.8) is 0 Å². The smallest absolute Gasteiger partial charge is 0.303 e. The maximum absolute atomic E-state index is 12.5. The zero-order chi connectivity index (χ0) is 14.9. The van der Waals surface area contributed by atoms with Gasteiger partial charge in [-0.05, 0) is 45.2 Å². The van der Waals surface area contributed by atoms with Crippen LogP contribution in [0.3, 0.4) is 0 Å². The highest BCUT2D eigenvalue weighted by molar-refractivity contribution is 7.90. The summed E-state index contributed by atoms with van der Waals surface area (Å²) in [6.45, 7) is 2.03. The normalized spacial score (nSPS) is 24.1. The third-order valence-corrected chi connectivity index (χ3v) is 6.42. The van der Waals surface area contributed by atoms with E-state index in [-0.39, 0.29) is 0 Å². The summed E-state index contributed by atoms with van der Waals surface area (Å²) in [5.41, 5.74) is 1.03. The summed E-state index contributed by atoms with van der Waals surface area (Å²) in [6, 6.07) is 0. The number of piperidine rings is 1. The van der Waals surface area contributed by atoms with Gasteiger partial charge in [0.2, 0.25) is 0 Å². The van der Waals surface area contributed by atoms with Crippen molar-refractivity contribution in [2.75, 3.05) is 31.4 Å². The largest absolute Gasteiger partial charge is 0.319 e. The highest BCUT2D eigenvalue weighted by atomic mass is 32.2. The second kappa shape index (κ2) is 6.20. The lowest BCUT2D eigenvalue weighted by Crippen LogP contribution is -2.44. The monoisotopic (exact) mass is 330 g/mol. The lowest BCUT2D eigenvalue weighted by Gasteiger charge is -2.31. The second-order valence-corrected chi connectivity index (χ2v) is 8.41. The molecule has 1 saturated carbocycles. The fraction of sp³-hybridized carbons (Fsp3) is 0.769. The number of hydrogen-bond acceptors (Lipinski definition) is 5. The average molecular weight is 330 g/mol. The Hall–Kier alpha value is -0.700. The molecule has 1 atom stereocenters. The van der Waals surface area contributed by atoms with Crippen molar-refractivity contribution in [2.24, 2.45) is 5.92 Å². The van der Waals surface area contributed by atoms with Crippen LogP contribution in [0.5, 0.6) is 0 Å². The molecule has 1 aromatic heterocycles. The lowest BCUT2D eigenvalue weighted by atomic mass is 10.00. The molecule has 2 N–H and O–H groups in total. The Labute approximate surface area is 130 Å². The first-order chi connectivity index (χ1) is 10.1. The Balaban J connectivity index is 1.64. The molecule has 6 nitrogen and oxygen atoms in total. The van der Waals surface area contributed by atoms with Crippen LogP contribution in [-0.4, -0.2) is 44.4 Å². The number of nitrogens with one attached hydrogen (secondary N) is 2. The third kappa shape index (κ3) is 3.74. The highest BCUT2D eigenvalue weighted by Gasteiger charge is 2.30. The Kier molecular flexibility index (Phi) is 4.49. The molecule has 2 aliphatic rings. The lowest BCUT2D eigenvalue weighted by molar-refractivity contribution is 0.264. The molecule has 1 aliphatic heterocycles. The molecule has 2 fully saturated rings. The van der Waals surface area contributed by atoms with Crippen LogP contribution in [0, 0.1) is 5.92 Å². The molecule has 3 rings (SSSR count). The van der Waals surface area contributed by atoms with Gasteiger partial charge in [0.25, 0.3) is 0 Å². The van der Waals surface area contributed by atoms with Gasteiger partial charge in [-0.15, -0.1) is 11.3 Å². The molecule has 118 valence electrons. The third-order valence-electron chi connectivity index (χ3n) is 4.05. The Bertz CT molecular complexity index is 581. The summed E-state index contributed by atoms with van der Waals surface area (Å²) in [6.07, 6.45) is 4.34. The topological polar surface area (TPSA) is 74.3 Å². The van der Waals surface area contributed by atoms with Crippen molar-refractivity contribution in [3.05, 3.63) is 11.1 Å². The van der Waals surface area contributed by atoms with Gasteiger partial charge in [-0.25, -0.2) is 9.71 Å². The van der Waals surface area contributed by atoms with E-state index in [1.807, 2.05) is 12.4 Å². The van der Waals surface area contributed by atoms with E-state index >= 15 is 0 Å². The first kappa shape index (κ1) is 15.2. The Morgan fingerprint density at radius 3 is 2.95 bits per heavy atom. The van der Waals surface area contributed by atoms with E-state index < -0.39 is 10.2 Å². The summed E-state index contributed by atoms with van der Waals surface area (Å²) in [5.74, 6) is 0.938. The van der Waals surface area contributed by atoms with Gasteiger partial charge in [-0.3, -0.25) is 0 Å². The zero-order valence-electron chi connectivity index (χ0n) is 12.2. The zero-order valence-corrected chi connectivity index (χ0v) is 13.8. The summed E-state index contributed by atoms with van der Waals surface area (Å²) in [4.78, 5) is 4.40. The Morgan fingerprint density at radius 2 is 2.24 bits per heavy atom. The van der Waals surface area contributed by atoms with E-state index in [0.717, 1.165) is 25.1 Å². The standard InChI is InChI=1S/C13H22N4O2S2/c1-14-7-10-3-2-6-17(8-10)21(18,19)16-13-15-12(9-20-13)11-4-5-11/h9-11,14H,2-8H2,1H3,(H,15,16). The van der Waals surface area contributed by atoms with Crippen LogP contribution in [0.4, 0.5) is 5.13 Å². The van der Waals surface area contributed by atoms with Gasteiger partial charge in [0.05, 0.1) is 5.69 Å². The molecule has 1 saturated heterocycles. The number of nitrogens with zero attached hydrogens (tertiary/aromatic N) is 2. The van der Waals surface area contributed by atoms with Crippen LogP contribution in [0.25, 0.3) is 0 Å². The van der Waals surface area contributed by atoms with E-state index in [1.54, 1.807) is 4.31 Å². The predicted octanol–water partition coefficient (Wildman–Crippen LogP) is 1.61. The molecule has 0 spiro atoms. The molecule has 21 heavy (non-hydrogen) atoms. The van der Waals surface area contributed by atoms with Crippen molar-refractivity contribution in [3.8, 4) is 0 Å². The van der Waals surface area contributed by atoms with Crippen LogP contribution in [0.15, 0.2) is 5.38 Å². The highest BCUT2D eigenvalue weighted by Crippen LogP contribution is 2.41. The molecule has 2 heterocycles. The first-order valence-electron chi connectivity index (χ1n) is 7.46. The van der Waals surface area contributed by atoms with Gasteiger partial charge < -0.3 is 5.32 Å². The van der Waals surface area contributed by atoms with Crippen molar-refractivity contribution < 1.29 is 8.42 Å². The van der Waals surface area contributed by atoms with Crippen molar-refractivity contribution in [1.29, 1.82) is 0 Å². The summed E-state index contributed by atoms with van der Waals surface area (Å²) in [5, 5.41) is 5.59. The number of anilines is 1. The van der Waals surface area contributed by atoms with Gasteiger partial charge in [0.15, 0.2) is 5.13 Å². The van der Waals surface area contributed by atoms with Crippen molar-refractivity contribution in [1.82, 2.24) is 14.6 Å². The first-order valence-corrected chi connectivity index (χ1v) is 9.78. The van der Waals surface area contributed by atoms with Gasteiger partial charge in [0, 0.05) is 24.4 Å². The molecule has 1 aromatic rings. The molecule has 1 aliphatic carbocycles. The fourth-order valence-corrected chi connectivity index (χ4v) is 5.09. The van der Waals surface area contributed by atoms with Gasteiger partial charge in [-0.2, -0.15) is 12.7 Å². The molecule has 0 bridgehead atoms. The maximum Gasteiger partial charge on any atom is 0.303 e. The molecule has 8 heteroatoms. The van der Waals surface area contributed by atoms with E-state index in [1.165, 1.54) is 24.2 Å². The Morgan fingerprint density at radius 1 is 1.43 bits per heavy atom. The molecule has 0 amide bonds. The van der Waals surface area contributed by atoms with Crippen LogP contribution in [0.2, 0.25) is 0 Å². The summed E-state index contributed by atoms with van der Waals surface area (Å²) in [7, 11) is -1.57. The van der Waals surface area contributed by atoms with Crippen molar-refractivity contribution >= 4 is 26.7 Å². The van der Waals surface area contributed by atoms with Gasteiger partial charge in [-0.1, -0.05) is 0 Å². The van der Waals surface area contributed by atoms with E-state index in [0.29, 0.717) is 30.1 Å². The van der Waals surface area contributed by atoms with Crippen LogP contribution in [-0.2, 0) is 10.2 Å². The number of thiazole rings is 1. The van der Waals surface area contributed by atoms with Crippen LogP contribution in [0.1, 0.15) is 37.3 Å². The number of rotatable bonds is 6. The van der Waals surface area contributed by atoms with Crippen LogP contribution >= 0.6 is 11.3 Å².